The number of ether oxygens (including phenoxy) is 1. The molecule has 32 heavy (non-hydrogen) atoms. The number of benzene rings is 2. The normalized spacial score (nSPS) is 16.3. The minimum atomic E-state index is -0.944. The van der Waals surface area contributed by atoms with Gasteiger partial charge in [0.25, 0.3) is 0 Å². The number of carbonyl (C=O) groups is 4. The van der Waals surface area contributed by atoms with Gasteiger partial charge in [0.2, 0.25) is 17.5 Å². The van der Waals surface area contributed by atoms with E-state index < -0.39 is 41.5 Å². The van der Waals surface area contributed by atoms with Crippen LogP contribution in [0.2, 0.25) is 0 Å². The quantitative estimate of drug-likeness (QED) is 0.462. The molecule has 1 aliphatic heterocycles. The molecule has 2 aromatic carbocycles. The fraction of sp³-hybridized carbons (Fsp3) is 0.333. The van der Waals surface area contributed by atoms with E-state index in [0.29, 0.717) is 19.4 Å². The zero-order chi connectivity index (χ0) is 22.9. The molecule has 1 N–H and O–H groups in total. The number of likely N-dealkylation sites (tertiary alicyclic amines) is 1. The maximum absolute atomic E-state index is 13.3. The molecule has 0 aromatic heterocycles. The van der Waals surface area contributed by atoms with Gasteiger partial charge in [-0.05, 0) is 24.0 Å². The molecule has 0 bridgehead atoms. The summed E-state index contributed by atoms with van der Waals surface area (Å²) in [5.41, 5.74) is 1.66. The molecule has 1 saturated heterocycles. The van der Waals surface area contributed by atoms with Gasteiger partial charge >= 0.3 is 6.09 Å². The summed E-state index contributed by atoms with van der Waals surface area (Å²) < 4.78 is 5.28. The zero-order valence-electron chi connectivity index (χ0n) is 17.5. The number of ketones is 2. The van der Waals surface area contributed by atoms with Crippen LogP contribution in [-0.4, -0.2) is 53.0 Å². The van der Waals surface area contributed by atoms with Crippen LogP contribution in [0.1, 0.15) is 24.0 Å². The number of carbonyl (C=O) groups excluding carboxylic acids is 4. The van der Waals surface area contributed by atoms with Crippen molar-refractivity contribution in [2.45, 2.75) is 38.0 Å². The second-order valence-electron chi connectivity index (χ2n) is 7.56. The summed E-state index contributed by atoms with van der Waals surface area (Å²) in [7, 11) is 0. The average Bonchev–Trinajstić information content (AvgIpc) is 3.32. The van der Waals surface area contributed by atoms with Crippen LogP contribution in [0.15, 0.2) is 60.7 Å². The largest absolute Gasteiger partial charge is 0.445 e. The van der Waals surface area contributed by atoms with Crippen LogP contribution < -0.4 is 5.32 Å². The molecule has 0 radical (unpaired) electrons. The Bertz CT molecular complexity index is 951. The highest BCUT2D eigenvalue weighted by Gasteiger charge is 2.39. The van der Waals surface area contributed by atoms with Crippen molar-refractivity contribution in [2.75, 3.05) is 12.4 Å². The topological polar surface area (TPSA) is 92.8 Å². The summed E-state index contributed by atoms with van der Waals surface area (Å²) in [5, 5.41) is 2.64. The van der Waals surface area contributed by atoms with Gasteiger partial charge in [0.15, 0.2) is 0 Å². The first-order valence-corrected chi connectivity index (χ1v) is 11.0. The fourth-order valence-electron chi connectivity index (χ4n) is 3.71. The fourth-order valence-corrected chi connectivity index (χ4v) is 3.84. The summed E-state index contributed by atoms with van der Waals surface area (Å²) in [5.74, 6) is -2.24. The van der Waals surface area contributed by atoms with Gasteiger partial charge in [-0.15, -0.1) is 11.6 Å². The third kappa shape index (κ3) is 6.17. The molecule has 1 fully saturated rings. The van der Waals surface area contributed by atoms with Crippen LogP contribution in [0.4, 0.5) is 4.79 Å². The van der Waals surface area contributed by atoms with Crippen LogP contribution in [-0.2, 0) is 32.1 Å². The number of Topliss-reactive ketones (excluding diaryl/α,β-unsaturated/α-hetero) is 2. The standard InChI is InChI=1S/C24H25ClN2O5/c25-15-21(28)22(29)20-12-7-13-27(20)23(30)19(14-17-8-3-1-4-9-17)26-24(31)32-16-18-10-5-2-6-11-18/h1-6,8-11,19-20H,7,12-16H2,(H,26,31)/t19-,20-/m0/s1. The zero-order valence-corrected chi connectivity index (χ0v) is 18.3. The highest BCUT2D eigenvalue weighted by atomic mass is 35.5. The number of nitrogens with one attached hydrogen (secondary N) is 1. The average molecular weight is 457 g/mol. The minimum Gasteiger partial charge on any atom is -0.445 e. The SMILES string of the molecule is O=C(N[C@@H](Cc1ccccc1)C(=O)N1CCC[C@H]1C(=O)C(=O)CCl)OCc1ccccc1. The summed E-state index contributed by atoms with van der Waals surface area (Å²) in [4.78, 5) is 51.4. The van der Waals surface area contributed by atoms with Crippen molar-refractivity contribution in [1.29, 1.82) is 0 Å². The number of rotatable bonds is 9. The number of nitrogens with zero attached hydrogens (tertiary/aromatic N) is 1. The summed E-state index contributed by atoms with van der Waals surface area (Å²) in [6, 6.07) is 16.6. The molecule has 0 unspecified atom stereocenters. The lowest BCUT2D eigenvalue weighted by molar-refractivity contribution is -0.143. The van der Waals surface area contributed by atoms with E-state index in [1.807, 2.05) is 60.7 Å². The van der Waals surface area contributed by atoms with E-state index in [-0.39, 0.29) is 13.0 Å². The number of alkyl carbamates (subject to hydrolysis) is 1. The third-order valence-corrected chi connectivity index (χ3v) is 5.56. The molecule has 1 heterocycles. The maximum atomic E-state index is 13.3. The number of hydrogen-bond donors (Lipinski definition) is 1. The van der Waals surface area contributed by atoms with E-state index in [1.54, 1.807) is 0 Å². The van der Waals surface area contributed by atoms with Gasteiger partial charge in [-0.1, -0.05) is 60.7 Å². The van der Waals surface area contributed by atoms with E-state index in [2.05, 4.69) is 5.32 Å². The molecule has 0 spiro atoms. The van der Waals surface area contributed by atoms with E-state index in [1.165, 1.54) is 4.90 Å². The Morgan fingerprint density at radius 3 is 2.25 bits per heavy atom. The Morgan fingerprint density at radius 1 is 1.00 bits per heavy atom. The molecule has 2 aromatic rings. The molecule has 2 atom stereocenters. The van der Waals surface area contributed by atoms with Crippen molar-refractivity contribution in [1.82, 2.24) is 10.2 Å². The summed E-state index contributed by atoms with van der Waals surface area (Å²) >= 11 is 5.53. The van der Waals surface area contributed by atoms with Gasteiger partial charge in [-0.3, -0.25) is 14.4 Å². The first-order valence-electron chi connectivity index (χ1n) is 10.4. The van der Waals surface area contributed by atoms with Crippen LogP contribution in [0.3, 0.4) is 0 Å². The molecule has 3 rings (SSSR count). The smallest absolute Gasteiger partial charge is 0.408 e. The Labute approximate surface area is 191 Å². The Balaban J connectivity index is 1.72. The van der Waals surface area contributed by atoms with Gasteiger partial charge in [0.05, 0.1) is 11.9 Å². The Morgan fingerprint density at radius 2 is 1.62 bits per heavy atom. The van der Waals surface area contributed by atoms with Gasteiger partial charge in [0.1, 0.15) is 12.6 Å². The first kappa shape index (κ1) is 23.5. The maximum Gasteiger partial charge on any atom is 0.408 e. The second-order valence-corrected chi connectivity index (χ2v) is 7.83. The Hall–Kier alpha value is -3.19. The van der Waals surface area contributed by atoms with Gasteiger partial charge in [0, 0.05) is 13.0 Å². The number of hydrogen-bond acceptors (Lipinski definition) is 5. The summed E-state index contributed by atoms with van der Waals surface area (Å²) in [6.07, 6.45) is 0.473. The molecule has 168 valence electrons. The lowest BCUT2D eigenvalue weighted by atomic mass is 10.0. The van der Waals surface area contributed by atoms with Gasteiger partial charge in [-0.25, -0.2) is 4.79 Å². The van der Waals surface area contributed by atoms with Gasteiger partial charge in [-0.2, -0.15) is 0 Å². The summed E-state index contributed by atoms with van der Waals surface area (Å²) in [6.45, 7) is 0.394. The first-order chi connectivity index (χ1) is 15.5. The van der Waals surface area contributed by atoms with Crippen LogP contribution in [0.25, 0.3) is 0 Å². The minimum absolute atomic E-state index is 0.0635. The molecule has 0 saturated carbocycles. The lowest BCUT2D eigenvalue weighted by Crippen LogP contribution is -2.53. The lowest BCUT2D eigenvalue weighted by Gasteiger charge is -2.28. The van der Waals surface area contributed by atoms with E-state index in [4.69, 9.17) is 16.3 Å². The van der Waals surface area contributed by atoms with E-state index in [0.717, 1.165) is 11.1 Å². The predicted octanol–water partition coefficient (Wildman–Crippen LogP) is 2.89. The number of amides is 2. The second kappa shape index (κ2) is 11.4. The van der Waals surface area contributed by atoms with E-state index >= 15 is 0 Å². The molecule has 1 aliphatic rings. The molecule has 0 aliphatic carbocycles. The molecular weight excluding hydrogens is 432 g/mol. The predicted molar refractivity (Wildman–Crippen MR) is 119 cm³/mol. The van der Waals surface area contributed by atoms with Gasteiger partial charge < -0.3 is 15.0 Å². The third-order valence-electron chi connectivity index (χ3n) is 5.32. The molecule has 2 amide bonds. The molecule has 8 heteroatoms. The van der Waals surface area contributed by atoms with E-state index in [9.17, 15) is 19.2 Å². The van der Waals surface area contributed by atoms with Crippen molar-refractivity contribution in [3.63, 3.8) is 0 Å². The number of alkyl halides is 1. The van der Waals surface area contributed by atoms with Crippen molar-refractivity contribution in [3.05, 3.63) is 71.8 Å². The highest BCUT2D eigenvalue weighted by Crippen LogP contribution is 2.21. The van der Waals surface area contributed by atoms with Crippen molar-refractivity contribution >= 4 is 35.2 Å². The Kier molecular flexibility index (Phi) is 8.39. The van der Waals surface area contributed by atoms with Crippen LogP contribution in [0.5, 0.6) is 0 Å². The van der Waals surface area contributed by atoms with Crippen molar-refractivity contribution in [3.8, 4) is 0 Å². The highest BCUT2D eigenvalue weighted by molar-refractivity contribution is 6.48. The van der Waals surface area contributed by atoms with Crippen molar-refractivity contribution < 1.29 is 23.9 Å². The monoisotopic (exact) mass is 456 g/mol. The molecular formula is C24H25ClN2O5. The van der Waals surface area contributed by atoms with Crippen LogP contribution >= 0.6 is 11.6 Å². The molecule has 7 nitrogen and oxygen atoms in total. The van der Waals surface area contributed by atoms with Crippen LogP contribution in [0, 0.1) is 0 Å². The van der Waals surface area contributed by atoms with Crippen molar-refractivity contribution in [2.24, 2.45) is 0 Å². The number of halogens is 1.